The number of thioether (sulfide) groups is 1. The lowest BCUT2D eigenvalue weighted by Gasteiger charge is -2.14. The quantitative estimate of drug-likeness (QED) is 0.220. The molecular formula is C26H32N4O4S2. The van der Waals surface area contributed by atoms with Crippen LogP contribution in [0.2, 0.25) is 0 Å². The predicted molar refractivity (Wildman–Crippen MR) is 145 cm³/mol. The molecule has 1 aromatic heterocycles. The van der Waals surface area contributed by atoms with Gasteiger partial charge in [0, 0.05) is 40.3 Å². The topological polar surface area (TPSA) is 134 Å². The number of hydrogen-bond donors (Lipinski definition) is 4. The number of sulfonamides is 1. The van der Waals surface area contributed by atoms with Crippen molar-refractivity contribution in [1.29, 1.82) is 0 Å². The summed E-state index contributed by atoms with van der Waals surface area (Å²) in [5.74, 6) is -0.633. The zero-order chi connectivity index (χ0) is 26.3. The number of benzene rings is 2. The Hall–Kier alpha value is -2.92. The molecule has 2 aromatic carbocycles. The van der Waals surface area contributed by atoms with E-state index in [9.17, 15) is 18.3 Å². The number of hydrogen-bond acceptors (Lipinski definition) is 8. The second kappa shape index (κ2) is 12.4. The lowest BCUT2D eigenvalue weighted by molar-refractivity contribution is 0.0979. The summed E-state index contributed by atoms with van der Waals surface area (Å²) in [7, 11) is -3.65. The SMILES string of the molecule is CC(C)Sc1cc(-c2ccc(CCNC[C@H](O)c3cnccc3N)cc2)ccc1C(=O)NS(C)(=O)=O. The number of carbonyl (C=O) groups excluding carboxylic acids is 1. The molecule has 0 bridgehead atoms. The van der Waals surface area contributed by atoms with Gasteiger partial charge in [0.2, 0.25) is 10.0 Å². The Balaban J connectivity index is 1.63. The van der Waals surface area contributed by atoms with Crippen LogP contribution in [0.15, 0.2) is 65.8 Å². The summed E-state index contributed by atoms with van der Waals surface area (Å²) in [4.78, 5) is 17.2. The van der Waals surface area contributed by atoms with Gasteiger partial charge in [-0.3, -0.25) is 9.78 Å². The van der Waals surface area contributed by atoms with Gasteiger partial charge in [-0.15, -0.1) is 11.8 Å². The molecular weight excluding hydrogens is 496 g/mol. The van der Waals surface area contributed by atoms with Crippen LogP contribution in [-0.2, 0) is 16.4 Å². The second-order valence-electron chi connectivity index (χ2n) is 8.75. The average Bonchev–Trinajstić information content (AvgIpc) is 2.81. The molecule has 192 valence electrons. The van der Waals surface area contributed by atoms with Crippen LogP contribution in [0, 0.1) is 0 Å². The van der Waals surface area contributed by atoms with E-state index in [0.717, 1.165) is 34.3 Å². The Morgan fingerprint density at radius 3 is 2.44 bits per heavy atom. The molecule has 0 aliphatic heterocycles. The number of aliphatic hydroxyl groups excluding tert-OH is 1. The molecule has 0 saturated carbocycles. The van der Waals surface area contributed by atoms with Crippen LogP contribution in [0.25, 0.3) is 11.1 Å². The Morgan fingerprint density at radius 2 is 1.81 bits per heavy atom. The monoisotopic (exact) mass is 528 g/mol. The van der Waals surface area contributed by atoms with Crippen molar-refractivity contribution in [2.24, 2.45) is 0 Å². The van der Waals surface area contributed by atoms with Gasteiger partial charge in [0.25, 0.3) is 5.91 Å². The highest BCUT2D eigenvalue weighted by molar-refractivity contribution is 8.00. The maximum atomic E-state index is 12.5. The summed E-state index contributed by atoms with van der Waals surface area (Å²) in [6.45, 7) is 5.10. The standard InChI is InChI=1S/C26H32N4O4S2/c1-17(2)35-25-14-20(8-9-21(25)26(32)30-36(3,33)34)19-6-4-18(5-7-19)10-12-29-16-24(31)22-15-28-13-11-23(22)27/h4-9,11,13-15,17,24,29,31H,10,12,16H2,1-3H3,(H2,27,28)(H,30,32)/t24-/m0/s1. The van der Waals surface area contributed by atoms with Gasteiger partial charge >= 0.3 is 0 Å². The van der Waals surface area contributed by atoms with E-state index in [0.29, 0.717) is 29.9 Å². The second-order valence-corrected chi connectivity index (χ2v) is 12.1. The zero-order valence-corrected chi connectivity index (χ0v) is 22.2. The molecule has 3 aromatic rings. The number of amides is 1. The van der Waals surface area contributed by atoms with Crippen LogP contribution in [0.3, 0.4) is 0 Å². The van der Waals surface area contributed by atoms with Crippen molar-refractivity contribution in [2.45, 2.75) is 36.5 Å². The molecule has 36 heavy (non-hydrogen) atoms. The number of rotatable bonds is 11. The van der Waals surface area contributed by atoms with Gasteiger partial charge in [0.05, 0.1) is 17.9 Å². The first kappa shape index (κ1) is 27.7. The van der Waals surface area contributed by atoms with Crippen molar-refractivity contribution in [3.63, 3.8) is 0 Å². The first-order chi connectivity index (χ1) is 17.0. The van der Waals surface area contributed by atoms with E-state index >= 15 is 0 Å². The molecule has 0 fully saturated rings. The Labute approximate surface area is 216 Å². The molecule has 8 nitrogen and oxygen atoms in total. The summed E-state index contributed by atoms with van der Waals surface area (Å²) in [6, 6.07) is 15.2. The Kier molecular flexibility index (Phi) is 9.49. The minimum absolute atomic E-state index is 0.216. The van der Waals surface area contributed by atoms with Crippen LogP contribution >= 0.6 is 11.8 Å². The normalized spacial score (nSPS) is 12.5. The molecule has 1 heterocycles. The number of nitrogens with two attached hydrogens (primary N) is 1. The highest BCUT2D eigenvalue weighted by atomic mass is 32.2. The van der Waals surface area contributed by atoms with Crippen molar-refractivity contribution >= 4 is 33.4 Å². The molecule has 10 heteroatoms. The fourth-order valence-electron chi connectivity index (χ4n) is 3.61. The van der Waals surface area contributed by atoms with E-state index in [4.69, 9.17) is 5.73 Å². The largest absolute Gasteiger partial charge is 0.398 e. The third-order valence-corrected chi connectivity index (χ3v) is 6.95. The van der Waals surface area contributed by atoms with Crippen LogP contribution in [0.5, 0.6) is 0 Å². The van der Waals surface area contributed by atoms with Crippen molar-refractivity contribution < 1.29 is 18.3 Å². The number of nitrogens with zero attached hydrogens (tertiary/aromatic N) is 1. The zero-order valence-electron chi connectivity index (χ0n) is 20.6. The highest BCUT2D eigenvalue weighted by Crippen LogP contribution is 2.32. The molecule has 0 saturated heterocycles. The van der Waals surface area contributed by atoms with E-state index in [2.05, 4.69) is 10.3 Å². The maximum Gasteiger partial charge on any atom is 0.265 e. The number of carbonyl (C=O) groups is 1. The van der Waals surface area contributed by atoms with Crippen molar-refractivity contribution in [3.8, 4) is 11.1 Å². The lowest BCUT2D eigenvalue weighted by atomic mass is 10.0. The van der Waals surface area contributed by atoms with Gasteiger partial charge in [-0.25, -0.2) is 13.1 Å². The molecule has 0 aliphatic carbocycles. The lowest BCUT2D eigenvalue weighted by Crippen LogP contribution is -2.29. The minimum Gasteiger partial charge on any atom is -0.398 e. The number of nitrogen functional groups attached to an aromatic ring is 1. The van der Waals surface area contributed by atoms with Crippen molar-refractivity contribution in [3.05, 3.63) is 77.6 Å². The van der Waals surface area contributed by atoms with Gasteiger partial charge in [-0.05, 0) is 47.9 Å². The fourth-order valence-corrected chi connectivity index (χ4v) is 5.04. The summed E-state index contributed by atoms with van der Waals surface area (Å²) in [6.07, 6.45) is 4.20. The number of pyridine rings is 1. The van der Waals surface area contributed by atoms with Crippen LogP contribution in [0.4, 0.5) is 5.69 Å². The summed E-state index contributed by atoms with van der Waals surface area (Å²) >= 11 is 1.51. The number of aromatic nitrogens is 1. The fraction of sp³-hybridized carbons (Fsp3) is 0.308. The molecule has 3 rings (SSSR count). The number of anilines is 1. The summed E-state index contributed by atoms with van der Waals surface area (Å²) in [5.41, 5.74) is 10.4. The van der Waals surface area contributed by atoms with E-state index < -0.39 is 22.0 Å². The smallest absolute Gasteiger partial charge is 0.265 e. The molecule has 5 N–H and O–H groups in total. The van der Waals surface area contributed by atoms with Crippen LogP contribution in [-0.4, -0.2) is 49.0 Å². The number of nitrogens with one attached hydrogen (secondary N) is 2. The third-order valence-electron chi connectivity index (χ3n) is 5.33. The first-order valence-electron chi connectivity index (χ1n) is 11.5. The molecule has 0 radical (unpaired) electrons. The molecule has 1 atom stereocenters. The van der Waals surface area contributed by atoms with E-state index in [1.807, 2.05) is 55.0 Å². The highest BCUT2D eigenvalue weighted by Gasteiger charge is 2.17. The number of aliphatic hydroxyl groups is 1. The van der Waals surface area contributed by atoms with Gasteiger partial charge in [0.15, 0.2) is 0 Å². The van der Waals surface area contributed by atoms with E-state index in [1.54, 1.807) is 24.5 Å². The molecule has 0 unspecified atom stereocenters. The molecule has 1 amide bonds. The maximum absolute atomic E-state index is 12.5. The van der Waals surface area contributed by atoms with Crippen LogP contribution in [0.1, 0.15) is 41.4 Å². The van der Waals surface area contributed by atoms with E-state index in [-0.39, 0.29) is 5.25 Å². The van der Waals surface area contributed by atoms with Gasteiger partial charge < -0.3 is 16.2 Å². The van der Waals surface area contributed by atoms with E-state index in [1.165, 1.54) is 11.8 Å². The third kappa shape index (κ3) is 8.06. The average molecular weight is 529 g/mol. The molecule has 0 spiro atoms. The Bertz CT molecular complexity index is 1300. The minimum atomic E-state index is -3.65. The van der Waals surface area contributed by atoms with Crippen LogP contribution < -0.4 is 15.8 Å². The molecule has 0 aliphatic rings. The van der Waals surface area contributed by atoms with Crippen molar-refractivity contribution in [1.82, 2.24) is 15.0 Å². The Morgan fingerprint density at radius 1 is 1.11 bits per heavy atom. The van der Waals surface area contributed by atoms with Crippen molar-refractivity contribution in [2.75, 3.05) is 25.1 Å². The van der Waals surface area contributed by atoms with Gasteiger partial charge in [0.1, 0.15) is 0 Å². The summed E-state index contributed by atoms with van der Waals surface area (Å²) in [5, 5.41) is 13.8. The predicted octanol–water partition coefficient (Wildman–Crippen LogP) is 3.39. The van der Waals surface area contributed by atoms with Gasteiger partial charge in [-0.1, -0.05) is 44.2 Å². The summed E-state index contributed by atoms with van der Waals surface area (Å²) < 4.78 is 25.1. The van der Waals surface area contributed by atoms with Gasteiger partial charge in [-0.2, -0.15) is 0 Å². The first-order valence-corrected chi connectivity index (χ1v) is 14.3.